The first-order valence-electron chi connectivity index (χ1n) is 10.4. The molecule has 1 aromatic carbocycles. The maximum atomic E-state index is 13.4. The molecular weight excluding hydrogens is 356 g/mol. The van der Waals surface area contributed by atoms with Crippen LogP contribution in [0.3, 0.4) is 0 Å². The Bertz CT molecular complexity index is 849. The summed E-state index contributed by atoms with van der Waals surface area (Å²) in [6, 6.07) is 7.41. The Hall–Kier alpha value is -1.59. The van der Waals surface area contributed by atoms with Gasteiger partial charge in [0.15, 0.2) is 5.41 Å². The molecule has 5 rings (SSSR count). The molecule has 28 heavy (non-hydrogen) atoms. The highest BCUT2D eigenvalue weighted by Crippen LogP contribution is 2.73. The fourth-order valence-corrected chi connectivity index (χ4v) is 7.16. The molecule has 152 valence electrons. The fraction of sp³-hybridized carbons (Fsp3) is 0.696. The molecule has 0 radical (unpaired) electrons. The standard InChI is InChI=1S/C23H30O5/c1-19(2)11-7-12-21-14-22(18(24)26-4)20(3,13-10-17(19)21)27-16-9-6-5-8-15(16)23(22,25)28-21/h5-6,8-9,17,25H,7,10-14H2,1-4H3/t17-,20+,21+,22+,23+/m0/s1. The highest BCUT2D eigenvalue weighted by atomic mass is 16.7. The molecule has 2 aliphatic heterocycles. The first kappa shape index (κ1) is 18.4. The van der Waals surface area contributed by atoms with Crippen molar-refractivity contribution >= 4 is 5.97 Å². The van der Waals surface area contributed by atoms with Gasteiger partial charge in [-0.2, -0.15) is 0 Å². The van der Waals surface area contributed by atoms with Gasteiger partial charge in [0.1, 0.15) is 11.4 Å². The summed E-state index contributed by atoms with van der Waals surface area (Å²) in [4.78, 5) is 13.4. The van der Waals surface area contributed by atoms with Crippen LogP contribution in [0.1, 0.15) is 64.9 Å². The molecule has 5 atom stereocenters. The van der Waals surface area contributed by atoms with E-state index >= 15 is 0 Å². The topological polar surface area (TPSA) is 65.0 Å². The van der Waals surface area contributed by atoms with E-state index < -0.39 is 28.4 Å². The van der Waals surface area contributed by atoms with Crippen molar-refractivity contribution in [3.05, 3.63) is 29.8 Å². The van der Waals surface area contributed by atoms with Crippen molar-refractivity contribution in [1.29, 1.82) is 0 Å². The number of carbonyl (C=O) groups is 1. The first-order chi connectivity index (χ1) is 13.1. The molecule has 5 nitrogen and oxygen atoms in total. The number of hydrogen-bond donors (Lipinski definition) is 1. The molecule has 2 heterocycles. The van der Waals surface area contributed by atoms with E-state index in [-0.39, 0.29) is 11.3 Å². The zero-order chi connectivity index (χ0) is 20.0. The average molecular weight is 386 g/mol. The Morgan fingerprint density at radius 1 is 1.18 bits per heavy atom. The minimum Gasteiger partial charge on any atom is -0.486 e. The Morgan fingerprint density at radius 2 is 1.93 bits per heavy atom. The number of aliphatic hydroxyl groups is 1. The van der Waals surface area contributed by atoms with Crippen molar-refractivity contribution in [3.8, 4) is 5.75 Å². The van der Waals surface area contributed by atoms with Gasteiger partial charge in [-0.15, -0.1) is 0 Å². The van der Waals surface area contributed by atoms with Crippen LogP contribution in [0.4, 0.5) is 0 Å². The molecular formula is C23H30O5. The number of carbonyl (C=O) groups excluding carboxylic acids is 1. The second-order valence-electron chi connectivity index (χ2n) is 10.1. The van der Waals surface area contributed by atoms with Crippen LogP contribution in [0.5, 0.6) is 5.75 Å². The van der Waals surface area contributed by atoms with Gasteiger partial charge in [0.25, 0.3) is 0 Å². The summed E-state index contributed by atoms with van der Waals surface area (Å²) >= 11 is 0. The lowest BCUT2D eigenvalue weighted by Gasteiger charge is -2.55. The molecule has 4 aliphatic rings. The van der Waals surface area contributed by atoms with Crippen molar-refractivity contribution in [2.45, 2.75) is 76.3 Å². The Kier molecular flexibility index (Phi) is 3.50. The van der Waals surface area contributed by atoms with E-state index in [2.05, 4.69) is 13.8 Å². The smallest absolute Gasteiger partial charge is 0.321 e. The minimum atomic E-state index is -1.75. The van der Waals surface area contributed by atoms with Crippen LogP contribution in [-0.2, 0) is 20.1 Å². The van der Waals surface area contributed by atoms with Crippen LogP contribution < -0.4 is 4.74 Å². The summed E-state index contributed by atoms with van der Waals surface area (Å²) in [5, 5.41) is 12.2. The fourth-order valence-electron chi connectivity index (χ4n) is 7.16. The van der Waals surface area contributed by atoms with E-state index in [9.17, 15) is 9.90 Å². The number of hydrogen-bond acceptors (Lipinski definition) is 5. The lowest BCUT2D eigenvalue weighted by atomic mass is 9.57. The Balaban J connectivity index is 1.82. The third-order valence-corrected chi connectivity index (χ3v) is 8.43. The molecule has 5 heteroatoms. The van der Waals surface area contributed by atoms with Gasteiger partial charge in [-0.25, -0.2) is 0 Å². The van der Waals surface area contributed by atoms with Gasteiger partial charge in [0.2, 0.25) is 5.79 Å². The van der Waals surface area contributed by atoms with Gasteiger partial charge in [-0.3, -0.25) is 4.79 Å². The summed E-state index contributed by atoms with van der Waals surface area (Å²) in [6.45, 7) is 6.54. The number of rotatable bonds is 1. The third-order valence-electron chi connectivity index (χ3n) is 8.43. The Morgan fingerprint density at radius 3 is 2.68 bits per heavy atom. The number of para-hydroxylation sites is 1. The molecule has 3 fully saturated rings. The van der Waals surface area contributed by atoms with Gasteiger partial charge in [0, 0.05) is 6.42 Å². The van der Waals surface area contributed by atoms with E-state index in [1.54, 1.807) is 0 Å². The van der Waals surface area contributed by atoms with Crippen molar-refractivity contribution in [3.63, 3.8) is 0 Å². The molecule has 2 saturated carbocycles. The second kappa shape index (κ2) is 5.31. The summed E-state index contributed by atoms with van der Waals surface area (Å²) in [7, 11) is 1.39. The average Bonchev–Trinajstić information content (AvgIpc) is 2.84. The maximum absolute atomic E-state index is 13.4. The molecule has 0 aromatic heterocycles. The normalized spacial score (nSPS) is 45.2. The summed E-state index contributed by atoms with van der Waals surface area (Å²) in [5.74, 6) is -1.34. The number of methoxy groups -OCH3 is 1. The van der Waals surface area contributed by atoms with E-state index in [1.807, 2.05) is 31.2 Å². The van der Waals surface area contributed by atoms with Gasteiger partial charge in [-0.1, -0.05) is 32.4 Å². The number of benzene rings is 1. The van der Waals surface area contributed by atoms with Crippen LogP contribution in [0.15, 0.2) is 24.3 Å². The molecule has 1 saturated heterocycles. The van der Waals surface area contributed by atoms with Crippen LogP contribution in [0.25, 0.3) is 0 Å². The van der Waals surface area contributed by atoms with Crippen molar-refractivity contribution < 1.29 is 24.1 Å². The van der Waals surface area contributed by atoms with E-state index in [0.717, 1.165) is 25.7 Å². The molecule has 0 unspecified atom stereocenters. The quantitative estimate of drug-likeness (QED) is 0.741. The summed E-state index contributed by atoms with van der Waals surface area (Å²) < 4.78 is 18.6. The number of fused-ring (bicyclic) bond motifs is 2. The van der Waals surface area contributed by atoms with Gasteiger partial charge in [-0.05, 0) is 56.1 Å². The first-order valence-corrected chi connectivity index (χ1v) is 10.4. The molecule has 2 aliphatic carbocycles. The largest absolute Gasteiger partial charge is 0.486 e. The highest BCUT2D eigenvalue weighted by molar-refractivity contribution is 5.82. The number of ether oxygens (including phenoxy) is 3. The minimum absolute atomic E-state index is 0.0787. The van der Waals surface area contributed by atoms with Crippen LogP contribution in [-0.4, -0.2) is 29.4 Å². The van der Waals surface area contributed by atoms with Crippen molar-refractivity contribution in [2.24, 2.45) is 16.7 Å². The predicted octanol–water partition coefficient (Wildman–Crippen LogP) is 3.92. The highest BCUT2D eigenvalue weighted by Gasteiger charge is 2.82. The van der Waals surface area contributed by atoms with Gasteiger partial charge in [0.05, 0.1) is 18.3 Å². The lowest BCUT2D eigenvalue weighted by Crippen LogP contribution is -2.66. The van der Waals surface area contributed by atoms with Gasteiger partial charge < -0.3 is 19.3 Å². The molecule has 1 spiro atoms. The monoisotopic (exact) mass is 386 g/mol. The van der Waals surface area contributed by atoms with Crippen LogP contribution in [0.2, 0.25) is 0 Å². The predicted molar refractivity (Wildman–Crippen MR) is 103 cm³/mol. The van der Waals surface area contributed by atoms with E-state index in [0.29, 0.717) is 24.2 Å². The molecule has 2 bridgehead atoms. The summed E-state index contributed by atoms with van der Waals surface area (Å²) in [6.07, 6.45) is 5.01. The van der Waals surface area contributed by atoms with Gasteiger partial charge >= 0.3 is 5.97 Å². The van der Waals surface area contributed by atoms with Crippen LogP contribution >= 0.6 is 0 Å². The SMILES string of the molecule is COC(=O)[C@]12C[C@]34CCCC(C)(C)[C@@H]3CC[C@@]1(C)Oc1ccccc1[C@@]2(O)O4. The maximum Gasteiger partial charge on any atom is 0.321 e. The van der Waals surface area contributed by atoms with Crippen LogP contribution in [0, 0.1) is 16.7 Å². The molecule has 1 aromatic rings. The third kappa shape index (κ3) is 1.88. The van der Waals surface area contributed by atoms with E-state index in [1.165, 1.54) is 7.11 Å². The zero-order valence-electron chi connectivity index (χ0n) is 17.2. The van der Waals surface area contributed by atoms with Crippen molar-refractivity contribution in [1.82, 2.24) is 0 Å². The Labute approximate surface area is 166 Å². The molecule has 0 amide bonds. The van der Waals surface area contributed by atoms with E-state index in [4.69, 9.17) is 14.2 Å². The van der Waals surface area contributed by atoms with Crippen molar-refractivity contribution in [2.75, 3.05) is 7.11 Å². The molecule has 1 N–H and O–H groups in total. The number of esters is 1. The second-order valence-corrected chi connectivity index (χ2v) is 10.1. The lowest BCUT2D eigenvalue weighted by molar-refractivity contribution is -0.325. The zero-order valence-corrected chi connectivity index (χ0v) is 17.2. The summed E-state index contributed by atoms with van der Waals surface area (Å²) in [5.41, 5.74) is -2.12.